The van der Waals surface area contributed by atoms with Crippen LogP contribution in [0.15, 0.2) is 36.4 Å². The molecule has 0 bridgehead atoms. The lowest BCUT2D eigenvalue weighted by atomic mass is 10.1. The zero-order valence-corrected chi connectivity index (χ0v) is 11.4. The molecule has 106 valence electrons. The molecule has 2 rings (SSSR count). The minimum atomic E-state index is -0.443. The van der Waals surface area contributed by atoms with Crippen molar-refractivity contribution in [2.75, 3.05) is 0 Å². The van der Waals surface area contributed by atoms with E-state index in [1.807, 2.05) is 0 Å². The minimum absolute atomic E-state index is 0.0913. The molecule has 2 aromatic carbocycles. The summed E-state index contributed by atoms with van der Waals surface area (Å²) in [4.78, 5) is 0. The Balaban J connectivity index is 1.94. The van der Waals surface area contributed by atoms with Crippen molar-refractivity contribution in [1.29, 1.82) is 0 Å². The van der Waals surface area contributed by atoms with Gasteiger partial charge in [0.25, 0.3) is 0 Å². The van der Waals surface area contributed by atoms with Gasteiger partial charge >= 0.3 is 0 Å². The number of halogens is 3. The number of benzene rings is 2. The Kier molecular flexibility index (Phi) is 5.06. The van der Waals surface area contributed by atoms with E-state index in [2.05, 4.69) is 5.32 Å². The highest BCUT2D eigenvalue weighted by atomic mass is 35.5. The van der Waals surface area contributed by atoms with Crippen molar-refractivity contribution in [2.45, 2.75) is 19.7 Å². The molecule has 2 aromatic rings. The van der Waals surface area contributed by atoms with E-state index in [1.54, 1.807) is 24.3 Å². The van der Waals surface area contributed by atoms with Gasteiger partial charge in [-0.05, 0) is 35.4 Å². The molecule has 0 spiro atoms. The summed E-state index contributed by atoms with van der Waals surface area (Å²) in [5, 5.41) is 12.2. The highest BCUT2D eigenvalue weighted by molar-refractivity contribution is 6.30. The van der Waals surface area contributed by atoms with Crippen LogP contribution in [0, 0.1) is 11.6 Å². The fourth-order valence-corrected chi connectivity index (χ4v) is 2.06. The molecule has 0 fully saturated rings. The first kappa shape index (κ1) is 14.9. The molecule has 2 N–H and O–H groups in total. The van der Waals surface area contributed by atoms with Crippen molar-refractivity contribution in [1.82, 2.24) is 5.32 Å². The monoisotopic (exact) mass is 297 g/mol. The third-order valence-corrected chi connectivity index (χ3v) is 3.21. The van der Waals surface area contributed by atoms with E-state index in [4.69, 9.17) is 16.7 Å². The Bertz CT molecular complexity index is 604. The first-order valence-electron chi connectivity index (χ1n) is 6.13. The van der Waals surface area contributed by atoms with Crippen LogP contribution in [0.25, 0.3) is 0 Å². The van der Waals surface area contributed by atoms with E-state index in [1.165, 1.54) is 12.1 Å². The molecule has 0 heterocycles. The third kappa shape index (κ3) is 3.76. The molecule has 0 amide bonds. The number of nitrogens with one attached hydrogen (secondary N) is 1. The smallest absolute Gasteiger partial charge is 0.141 e. The van der Waals surface area contributed by atoms with Crippen LogP contribution < -0.4 is 5.32 Å². The van der Waals surface area contributed by atoms with E-state index in [-0.39, 0.29) is 17.2 Å². The highest BCUT2D eigenvalue weighted by Gasteiger charge is 2.03. The Morgan fingerprint density at radius 2 is 1.55 bits per heavy atom. The van der Waals surface area contributed by atoms with Gasteiger partial charge in [-0.25, -0.2) is 8.78 Å². The number of aliphatic hydroxyl groups is 1. The standard InChI is InChI=1S/C15H14ClF2NO/c16-13-6-11(2-4-15(13)18)8-19-7-10-1-3-14(17)12(5-10)9-20/h1-6,19-20H,7-9H2. The zero-order chi connectivity index (χ0) is 14.5. The number of hydrogen-bond acceptors (Lipinski definition) is 2. The van der Waals surface area contributed by atoms with Gasteiger partial charge in [0.1, 0.15) is 11.6 Å². The van der Waals surface area contributed by atoms with E-state index in [0.717, 1.165) is 11.1 Å². The molecule has 0 aromatic heterocycles. The first-order chi connectivity index (χ1) is 9.60. The summed E-state index contributed by atoms with van der Waals surface area (Å²) in [5.41, 5.74) is 2.00. The topological polar surface area (TPSA) is 32.3 Å². The Morgan fingerprint density at radius 1 is 0.950 bits per heavy atom. The second-order valence-corrected chi connectivity index (χ2v) is 4.84. The maximum absolute atomic E-state index is 13.2. The normalized spacial score (nSPS) is 10.8. The lowest BCUT2D eigenvalue weighted by Crippen LogP contribution is -2.13. The summed E-state index contributed by atoms with van der Waals surface area (Å²) >= 11 is 5.69. The maximum Gasteiger partial charge on any atom is 0.141 e. The minimum Gasteiger partial charge on any atom is -0.392 e. The van der Waals surface area contributed by atoms with Crippen LogP contribution in [-0.4, -0.2) is 5.11 Å². The van der Waals surface area contributed by atoms with Crippen molar-refractivity contribution in [3.8, 4) is 0 Å². The van der Waals surface area contributed by atoms with Gasteiger partial charge < -0.3 is 10.4 Å². The lowest BCUT2D eigenvalue weighted by molar-refractivity contribution is 0.275. The summed E-state index contributed by atoms with van der Waals surface area (Å²) in [6.07, 6.45) is 0. The SMILES string of the molecule is OCc1cc(CNCc2ccc(F)c(Cl)c2)ccc1F. The van der Waals surface area contributed by atoms with E-state index < -0.39 is 11.6 Å². The van der Waals surface area contributed by atoms with Gasteiger partial charge in [0.15, 0.2) is 0 Å². The van der Waals surface area contributed by atoms with Crippen LogP contribution in [0.3, 0.4) is 0 Å². The fourth-order valence-electron chi connectivity index (χ4n) is 1.86. The Hall–Kier alpha value is -1.49. The molecule has 0 aliphatic carbocycles. The zero-order valence-electron chi connectivity index (χ0n) is 10.7. The van der Waals surface area contributed by atoms with E-state index in [0.29, 0.717) is 13.1 Å². The molecule has 0 aliphatic rings. The van der Waals surface area contributed by atoms with Crippen molar-refractivity contribution in [2.24, 2.45) is 0 Å². The molecule has 0 aliphatic heterocycles. The molecule has 2 nitrogen and oxygen atoms in total. The van der Waals surface area contributed by atoms with Crippen molar-refractivity contribution in [3.63, 3.8) is 0 Å². The summed E-state index contributed by atoms with van der Waals surface area (Å²) in [6, 6.07) is 9.13. The first-order valence-corrected chi connectivity index (χ1v) is 6.50. The van der Waals surface area contributed by atoms with E-state index in [9.17, 15) is 8.78 Å². The molecule has 0 saturated carbocycles. The molecule has 0 saturated heterocycles. The second-order valence-electron chi connectivity index (χ2n) is 4.44. The van der Waals surface area contributed by atoms with Gasteiger partial charge in [-0.2, -0.15) is 0 Å². The molecular formula is C15H14ClF2NO. The number of hydrogen-bond donors (Lipinski definition) is 2. The average Bonchev–Trinajstić information content (AvgIpc) is 2.44. The van der Waals surface area contributed by atoms with Crippen molar-refractivity contribution in [3.05, 3.63) is 69.7 Å². The van der Waals surface area contributed by atoms with Crippen LogP contribution in [0.2, 0.25) is 5.02 Å². The van der Waals surface area contributed by atoms with E-state index >= 15 is 0 Å². The van der Waals surface area contributed by atoms with Crippen molar-refractivity contribution >= 4 is 11.6 Å². The van der Waals surface area contributed by atoms with Gasteiger partial charge in [-0.3, -0.25) is 0 Å². The Labute approximate surface area is 121 Å². The van der Waals surface area contributed by atoms with Gasteiger partial charge in [0.05, 0.1) is 11.6 Å². The maximum atomic E-state index is 13.2. The molecular weight excluding hydrogens is 284 g/mol. The molecule has 0 atom stereocenters. The van der Waals surface area contributed by atoms with Gasteiger partial charge in [-0.1, -0.05) is 23.7 Å². The highest BCUT2D eigenvalue weighted by Crippen LogP contribution is 2.16. The summed E-state index contributed by atoms with van der Waals surface area (Å²) in [7, 11) is 0. The molecule has 0 unspecified atom stereocenters. The van der Waals surface area contributed by atoms with Gasteiger partial charge in [0, 0.05) is 18.7 Å². The molecule has 5 heteroatoms. The number of aliphatic hydroxyl groups excluding tert-OH is 1. The van der Waals surface area contributed by atoms with Crippen LogP contribution >= 0.6 is 11.6 Å². The summed E-state index contributed by atoms with van der Waals surface area (Å²) in [6.45, 7) is 0.710. The number of rotatable bonds is 5. The van der Waals surface area contributed by atoms with Crippen LogP contribution in [0.1, 0.15) is 16.7 Å². The van der Waals surface area contributed by atoms with Crippen LogP contribution in [0.4, 0.5) is 8.78 Å². The van der Waals surface area contributed by atoms with Gasteiger partial charge in [-0.15, -0.1) is 0 Å². The predicted molar refractivity (Wildman–Crippen MR) is 74.3 cm³/mol. The lowest BCUT2D eigenvalue weighted by Gasteiger charge is -2.08. The predicted octanol–water partition coefficient (Wildman–Crippen LogP) is 3.40. The third-order valence-electron chi connectivity index (χ3n) is 2.92. The van der Waals surface area contributed by atoms with Crippen molar-refractivity contribution < 1.29 is 13.9 Å². The summed E-state index contributed by atoms with van der Waals surface area (Å²) < 4.78 is 26.2. The largest absolute Gasteiger partial charge is 0.392 e. The average molecular weight is 298 g/mol. The second kappa shape index (κ2) is 6.79. The van der Waals surface area contributed by atoms with Gasteiger partial charge in [0.2, 0.25) is 0 Å². The quantitative estimate of drug-likeness (QED) is 0.886. The van der Waals surface area contributed by atoms with Crippen LogP contribution in [-0.2, 0) is 19.7 Å². The van der Waals surface area contributed by atoms with Crippen LogP contribution in [0.5, 0.6) is 0 Å². The molecule has 20 heavy (non-hydrogen) atoms. The summed E-state index contributed by atoms with van der Waals surface area (Å²) in [5.74, 6) is -0.858. The fraction of sp³-hybridized carbons (Fsp3) is 0.200. The molecule has 0 radical (unpaired) electrons. The Morgan fingerprint density at radius 3 is 2.15 bits per heavy atom.